The van der Waals surface area contributed by atoms with E-state index in [0.29, 0.717) is 0 Å². The van der Waals surface area contributed by atoms with Crippen LogP contribution in [0, 0.1) is 10.4 Å². The number of allylic oxidation sites excluding steroid dienone is 1. The summed E-state index contributed by atoms with van der Waals surface area (Å²) in [6, 6.07) is 22.0. The first-order chi connectivity index (χ1) is 15.0. The fourth-order valence-corrected chi connectivity index (χ4v) is 5.62. The summed E-state index contributed by atoms with van der Waals surface area (Å²) in [5, 5.41) is 5.10. The van der Waals surface area contributed by atoms with E-state index in [2.05, 4.69) is 105 Å². The molecule has 5 heteroatoms. The molecule has 3 aromatic carbocycles. The monoisotopic (exact) mass is 581 g/mol. The van der Waals surface area contributed by atoms with Crippen LogP contribution in [-0.2, 0) is 30.6 Å². The first-order valence-electron chi connectivity index (χ1n) is 11.2. The van der Waals surface area contributed by atoms with Crippen LogP contribution in [0.5, 0.6) is 0 Å². The van der Waals surface area contributed by atoms with Gasteiger partial charge in [-0.05, 0) is 49.7 Å². The van der Waals surface area contributed by atoms with Crippen LogP contribution >= 0.6 is 0 Å². The van der Waals surface area contributed by atoms with Crippen molar-refractivity contribution in [2.45, 2.75) is 38.9 Å². The summed E-state index contributed by atoms with van der Waals surface area (Å²) < 4.78 is 6.19. The molecule has 0 N–H and O–H groups in total. The first-order valence-corrected chi connectivity index (χ1v) is 14.6. The molecule has 0 aliphatic heterocycles. The van der Waals surface area contributed by atoms with Crippen molar-refractivity contribution in [1.29, 1.82) is 0 Å². The topological polar surface area (TPSA) is 9.23 Å². The molecule has 0 saturated heterocycles. The van der Waals surface area contributed by atoms with Gasteiger partial charge in [0.1, 0.15) is 0 Å². The van der Waals surface area contributed by atoms with Gasteiger partial charge in [-0.15, -0.1) is 33.4 Å². The molecule has 173 valence electrons. The first kappa shape index (κ1) is 29.0. The maximum atomic E-state index is 6.19. The average Bonchev–Trinajstić information content (AvgIpc) is 3.31. The number of hydrogen-bond acceptors (Lipinski definition) is 1. The maximum absolute atomic E-state index is 6.19. The molecule has 2 aliphatic carbocycles. The van der Waals surface area contributed by atoms with Crippen molar-refractivity contribution in [1.82, 2.24) is 0 Å². The fourth-order valence-electron chi connectivity index (χ4n) is 4.91. The molecule has 5 rings (SSSR count). The van der Waals surface area contributed by atoms with Gasteiger partial charge in [0.05, 0.1) is 0 Å². The Hall–Kier alpha value is -1.22. The van der Waals surface area contributed by atoms with Crippen LogP contribution in [0.25, 0.3) is 17.7 Å². The van der Waals surface area contributed by atoms with E-state index in [1.54, 1.807) is 0 Å². The summed E-state index contributed by atoms with van der Waals surface area (Å²) in [6.07, 6.45) is 9.42. The second kappa shape index (κ2) is 11.7. The molecule has 0 bridgehead atoms. The van der Waals surface area contributed by atoms with E-state index < -0.39 is 8.32 Å². The molecule has 1 atom stereocenters. The zero-order valence-electron chi connectivity index (χ0n) is 20.1. The summed E-state index contributed by atoms with van der Waals surface area (Å²) in [4.78, 5) is 0. The molecule has 3 aromatic rings. The van der Waals surface area contributed by atoms with Gasteiger partial charge in [0.15, 0.2) is 8.32 Å². The normalized spacial score (nSPS) is 15.6. The summed E-state index contributed by atoms with van der Waals surface area (Å²) in [5.41, 5.74) is 6.83. The van der Waals surface area contributed by atoms with Crippen molar-refractivity contribution >= 4 is 26.0 Å². The zero-order chi connectivity index (χ0) is 21.6. The standard InChI is InChI=1S/C29H29OSi.2ClH.Zr/c1-5-20-14-15-26-23-11-7-6-10-21(23)18-28(26)29(20)27-19-22(16-17-30-31(2,3)4)24-12-8-9-13-25(24)27;;;/h5-15,19,27H,16-17H2,1-4H3;2*1H;/q-1;;;+3/p-2. The third-order valence-electron chi connectivity index (χ3n) is 6.29. The third kappa shape index (κ3) is 5.45. The van der Waals surface area contributed by atoms with Crippen molar-refractivity contribution in [3.8, 4) is 0 Å². The molecule has 1 radical (unpaired) electrons. The molecular formula is C29H29Cl2OSiZr. The predicted molar refractivity (Wildman–Crippen MR) is 133 cm³/mol. The van der Waals surface area contributed by atoms with Gasteiger partial charge < -0.3 is 29.2 Å². The van der Waals surface area contributed by atoms with Crippen molar-refractivity contribution in [3.63, 3.8) is 0 Å². The van der Waals surface area contributed by atoms with E-state index in [4.69, 9.17) is 4.43 Å². The Morgan fingerprint density at radius 1 is 0.912 bits per heavy atom. The van der Waals surface area contributed by atoms with Crippen molar-refractivity contribution < 1.29 is 55.4 Å². The number of fused-ring (bicyclic) bond motifs is 3. The van der Waals surface area contributed by atoms with Gasteiger partial charge >= 0.3 is 26.2 Å². The minimum atomic E-state index is -1.51. The van der Waals surface area contributed by atoms with Gasteiger partial charge in [0.25, 0.3) is 0 Å². The molecule has 0 saturated carbocycles. The minimum absolute atomic E-state index is 0. The molecule has 0 spiro atoms. The number of benzene rings is 3. The summed E-state index contributed by atoms with van der Waals surface area (Å²) in [6.45, 7) is 9.71. The molecule has 1 unspecified atom stereocenters. The Morgan fingerprint density at radius 3 is 2.35 bits per heavy atom. The second-order valence-corrected chi connectivity index (χ2v) is 13.9. The summed E-state index contributed by atoms with van der Waals surface area (Å²) in [5.74, 6) is 0.251. The number of rotatable bonds is 5. The van der Waals surface area contributed by atoms with Crippen molar-refractivity contribution in [2.75, 3.05) is 6.61 Å². The van der Waals surface area contributed by atoms with Crippen molar-refractivity contribution in [3.05, 3.63) is 110 Å². The fraction of sp³-hybridized carbons (Fsp3) is 0.241. The molecule has 2 aliphatic rings. The van der Waals surface area contributed by atoms with Crippen LogP contribution in [-0.4, -0.2) is 14.9 Å². The molecule has 0 amide bonds. The average molecular weight is 584 g/mol. The molecule has 34 heavy (non-hydrogen) atoms. The van der Waals surface area contributed by atoms with E-state index in [9.17, 15) is 0 Å². The van der Waals surface area contributed by atoms with E-state index in [1.807, 2.05) is 0 Å². The van der Waals surface area contributed by atoms with Crippen molar-refractivity contribution in [2.24, 2.45) is 0 Å². The SMILES string of the molecule is CC=c1ccc2c(c1C1C=C(CCO[Si](C)(C)C)c3ccccc31)[C-]=c1ccccc1=2.[Cl-].[Cl-].[Zr+3]. The number of halogens is 2. The smallest absolute Gasteiger partial charge is 1.00 e. The third-order valence-corrected chi connectivity index (χ3v) is 7.36. The maximum Gasteiger partial charge on any atom is 3.00 e. The van der Waals surface area contributed by atoms with E-state index in [0.717, 1.165) is 13.0 Å². The van der Waals surface area contributed by atoms with Crippen LogP contribution < -0.4 is 35.3 Å². The minimum Gasteiger partial charge on any atom is -1.00 e. The Bertz CT molecular complexity index is 1420. The van der Waals surface area contributed by atoms with Gasteiger partial charge in [0, 0.05) is 12.5 Å². The van der Waals surface area contributed by atoms with E-state index >= 15 is 0 Å². The Morgan fingerprint density at radius 2 is 1.62 bits per heavy atom. The largest absolute Gasteiger partial charge is 3.00 e. The van der Waals surface area contributed by atoms with Crippen LogP contribution in [0.4, 0.5) is 0 Å². The van der Waals surface area contributed by atoms with Crippen LogP contribution in [0.15, 0.2) is 66.7 Å². The molecule has 0 aromatic heterocycles. The summed E-state index contributed by atoms with van der Waals surface area (Å²) in [7, 11) is -1.51. The number of hydrogen-bond donors (Lipinski definition) is 0. The van der Waals surface area contributed by atoms with E-state index in [-0.39, 0.29) is 56.9 Å². The van der Waals surface area contributed by atoms with Gasteiger partial charge in [-0.1, -0.05) is 77.5 Å². The second-order valence-electron chi connectivity index (χ2n) is 9.42. The van der Waals surface area contributed by atoms with Crippen LogP contribution in [0.1, 0.15) is 41.5 Å². The Kier molecular flexibility index (Phi) is 9.96. The molecule has 0 heterocycles. The van der Waals surface area contributed by atoms with Crippen LogP contribution in [0.2, 0.25) is 19.6 Å². The summed E-state index contributed by atoms with van der Waals surface area (Å²) >= 11 is 0. The van der Waals surface area contributed by atoms with E-state index in [1.165, 1.54) is 48.7 Å². The van der Waals surface area contributed by atoms with Gasteiger partial charge in [-0.25, -0.2) is 0 Å². The quantitative estimate of drug-likeness (QED) is 0.229. The van der Waals surface area contributed by atoms with Crippen LogP contribution in [0.3, 0.4) is 0 Å². The Labute approximate surface area is 235 Å². The van der Waals surface area contributed by atoms with Gasteiger partial charge in [-0.3, -0.25) is 0 Å². The zero-order valence-corrected chi connectivity index (χ0v) is 25.1. The molecular weight excluding hydrogens is 555 g/mol. The van der Waals surface area contributed by atoms with Gasteiger partial charge in [-0.2, -0.15) is 0 Å². The predicted octanol–water partition coefficient (Wildman–Crippen LogP) is -0.431. The molecule has 0 fully saturated rings. The van der Waals surface area contributed by atoms with Gasteiger partial charge in [0.2, 0.25) is 0 Å². The molecule has 1 nitrogen and oxygen atoms in total. The Balaban J connectivity index is 0.00000136.